The molecule has 0 aromatic heterocycles. The number of aromatic carboxylic acids is 3. The Morgan fingerprint density at radius 1 is 0.372 bits per heavy atom. The molecule has 0 radical (unpaired) electrons. The fourth-order valence-electron chi connectivity index (χ4n) is 4.35. The average molecular weight is 865 g/mol. The Kier molecular flexibility index (Phi) is 12.4. The minimum Gasteiger partial charge on any atom is -0.545 e. The fraction of sp³-hybridized carbons (Fsp3) is 0. The van der Waals surface area contributed by atoms with Crippen molar-refractivity contribution in [3.05, 3.63) is 139 Å². The number of fused-ring (bicyclic) bond motifs is 3. The molecule has 10 heteroatoms. The molecule has 0 aliphatic heterocycles. The number of carbonyl (C=O) groups is 3. The second-order valence-electron chi connectivity index (χ2n) is 8.78. The van der Waals surface area contributed by atoms with E-state index in [0.717, 1.165) is 29.6 Å². The molecule has 0 amide bonds. The van der Waals surface area contributed by atoms with Crippen LogP contribution in [0.15, 0.2) is 123 Å². The van der Waals surface area contributed by atoms with Crippen molar-refractivity contribution in [2.24, 2.45) is 0 Å². The molecule has 0 N–H and O–H groups in total. The van der Waals surface area contributed by atoms with Crippen LogP contribution in [0.5, 0.6) is 0 Å². The van der Waals surface area contributed by atoms with Crippen LogP contribution in [0, 0.1) is 0 Å². The molecule has 0 saturated carbocycles. The number of halogens is 3. The van der Waals surface area contributed by atoms with Crippen molar-refractivity contribution < 1.29 is 29.7 Å². The van der Waals surface area contributed by atoms with Crippen molar-refractivity contribution in [2.45, 2.75) is 0 Å². The summed E-state index contributed by atoms with van der Waals surface area (Å²) in [5.74, 6) is -3.43. The van der Waals surface area contributed by atoms with Gasteiger partial charge in [-0.1, -0.05) is 139 Å². The van der Waals surface area contributed by atoms with E-state index in [1.807, 2.05) is 36.4 Å². The van der Waals surface area contributed by atoms with Crippen LogP contribution in [-0.4, -0.2) is 43.8 Å². The quantitative estimate of drug-likeness (QED) is 0.232. The molecule has 210 valence electrons. The molecule has 0 spiro atoms. The van der Waals surface area contributed by atoms with E-state index in [0.29, 0.717) is 16.2 Å². The van der Waals surface area contributed by atoms with Crippen molar-refractivity contribution in [1.82, 2.24) is 0 Å². The summed E-state index contributed by atoms with van der Waals surface area (Å²) in [6.45, 7) is 0. The minimum atomic E-state index is -1.14. The molecule has 6 aromatic carbocycles. The van der Waals surface area contributed by atoms with E-state index in [9.17, 15) is 29.7 Å². The number of carboxylic acid groups (broad SMARTS) is 3. The molecule has 0 heterocycles. The van der Waals surface area contributed by atoms with Crippen LogP contribution in [0.3, 0.4) is 0 Å². The van der Waals surface area contributed by atoms with Gasteiger partial charge in [0.2, 0.25) is 0 Å². The van der Waals surface area contributed by atoms with Gasteiger partial charge in [-0.2, -0.15) is 0 Å². The molecule has 0 bridgehead atoms. The Hall–Kier alpha value is -3.18. The van der Waals surface area contributed by atoms with Crippen LogP contribution in [0.4, 0.5) is 0 Å². The van der Waals surface area contributed by atoms with Gasteiger partial charge in [-0.15, -0.1) is 0 Å². The number of benzene rings is 6. The summed E-state index contributed by atoms with van der Waals surface area (Å²) in [7, 11) is 0. The third kappa shape index (κ3) is 8.06. The van der Waals surface area contributed by atoms with E-state index in [4.69, 9.17) is 0 Å². The zero-order valence-corrected chi connectivity index (χ0v) is 30.1. The predicted molar refractivity (Wildman–Crippen MR) is 174 cm³/mol. The van der Waals surface area contributed by atoms with Crippen molar-refractivity contribution in [2.75, 3.05) is 0 Å². The summed E-state index contributed by atoms with van der Waals surface area (Å²) in [5, 5.41) is 37.1. The van der Waals surface area contributed by atoms with Crippen molar-refractivity contribution in [1.29, 1.82) is 0 Å². The number of hydrogen-bond donors (Lipinski definition) is 0. The minimum absolute atomic E-state index is 0. The molecule has 0 aliphatic carbocycles. The Labute approximate surface area is 290 Å². The Morgan fingerprint density at radius 2 is 0.581 bits per heavy atom. The van der Waals surface area contributed by atoms with E-state index in [-0.39, 0.29) is 42.5 Å². The summed E-state index contributed by atoms with van der Waals surface area (Å²) >= 11 is 10.1. The van der Waals surface area contributed by atoms with Crippen LogP contribution in [0.25, 0.3) is 32.3 Å². The fourth-order valence-corrected chi connectivity index (χ4v) is 5.84. The summed E-state index contributed by atoms with van der Waals surface area (Å²) in [6.07, 6.45) is 0. The van der Waals surface area contributed by atoms with Crippen molar-refractivity contribution >= 4 is 124 Å². The largest absolute Gasteiger partial charge is 3.00 e. The van der Waals surface area contributed by atoms with Gasteiger partial charge in [-0.25, -0.2) is 0 Å². The first kappa shape index (κ1) is 34.3. The Morgan fingerprint density at radius 3 is 0.814 bits per heavy atom. The zero-order valence-electron chi connectivity index (χ0n) is 22.1. The Balaban J connectivity index is 0.000000175. The molecule has 0 atom stereocenters. The maximum atomic E-state index is 10.8. The molecular weight excluding hydrogens is 847 g/mol. The summed E-state index contributed by atoms with van der Waals surface area (Å²) in [5.41, 5.74) is 0.677. The summed E-state index contributed by atoms with van der Waals surface area (Å²) in [6, 6.07) is 31.7. The molecule has 0 unspecified atom stereocenters. The van der Waals surface area contributed by atoms with Gasteiger partial charge in [0.25, 0.3) is 0 Å². The van der Waals surface area contributed by atoms with Gasteiger partial charge >= 0.3 is 25.8 Å². The molecule has 0 saturated heterocycles. The SMILES string of the molecule is O=C([O-])c1cccc2c(Br)cccc12.O=C([O-])c1cccc2c(Br)cccc12.O=C([O-])c1cccc2c(Br)cccc12.[In+3]. The second kappa shape index (κ2) is 15.5. The van der Waals surface area contributed by atoms with Crippen LogP contribution < -0.4 is 15.3 Å². The van der Waals surface area contributed by atoms with Gasteiger partial charge < -0.3 is 29.7 Å². The van der Waals surface area contributed by atoms with Crippen LogP contribution in [0.1, 0.15) is 31.1 Å². The number of hydrogen-bond acceptors (Lipinski definition) is 6. The van der Waals surface area contributed by atoms with Crippen molar-refractivity contribution in [3.63, 3.8) is 0 Å². The van der Waals surface area contributed by atoms with E-state index in [2.05, 4.69) is 47.8 Å². The second-order valence-corrected chi connectivity index (χ2v) is 11.3. The molecule has 6 aromatic rings. The van der Waals surface area contributed by atoms with E-state index >= 15 is 0 Å². The number of carboxylic acids is 3. The zero-order chi connectivity index (χ0) is 30.4. The molecular formula is C33H18Br3InO6. The number of rotatable bonds is 3. The van der Waals surface area contributed by atoms with Gasteiger partial charge in [-0.3, -0.25) is 0 Å². The van der Waals surface area contributed by atoms with Crippen molar-refractivity contribution in [3.8, 4) is 0 Å². The van der Waals surface area contributed by atoms with Gasteiger partial charge in [0.1, 0.15) is 0 Å². The molecule has 0 aliphatic rings. The van der Waals surface area contributed by atoms with E-state index in [1.54, 1.807) is 72.8 Å². The maximum Gasteiger partial charge on any atom is 3.00 e. The molecule has 43 heavy (non-hydrogen) atoms. The first-order valence-electron chi connectivity index (χ1n) is 12.3. The first-order valence-corrected chi connectivity index (χ1v) is 14.6. The third-order valence-corrected chi connectivity index (χ3v) is 8.34. The number of carbonyl (C=O) groups excluding carboxylic acids is 3. The van der Waals surface area contributed by atoms with Gasteiger partial charge in [-0.05, 0) is 50.5 Å². The van der Waals surface area contributed by atoms with Gasteiger partial charge in [0, 0.05) is 30.1 Å². The van der Waals surface area contributed by atoms with Crippen LogP contribution in [0.2, 0.25) is 0 Å². The molecule has 6 rings (SSSR count). The predicted octanol–water partition coefficient (Wildman–Crippen LogP) is 5.52. The van der Waals surface area contributed by atoms with Gasteiger partial charge in [0.05, 0.1) is 17.9 Å². The maximum absolute atomic E-state index is 10.8. The topological polar surface area (TPSA) is 120 Å². The summed E-state index contributed by atoms with van der Waals surface area (Å²) < 4.78 is 2.66. The molecule has 6 nitrogen and oxygen atoms in total. The average Bonchev–Trinajstić information content (AvgIpc) is 2.97. The smallest absolute Gasteiger partial charge is 0.545 e. The van der Waals surface area contributed by atoms with Crippen LogP contribution >= 0.6 is 47.8 Å². The normalized spacial score (nSPS) is 10.1. The first-order chi connectivity index (χ1) is 20.1. The van der Waals surface area contributed by atoms with E-state index in [1.165, 1.54) is 0 Å². The van der Waals surface area contributed by atoms with Crippen LogP contribution in [-0.2, 0) is 0 Å². The monoisotopic (exact) mass is 862 g/mol. The third-order valence-electron chi connectivity index (χ3n) is 6.27. The van der Waals surface area contributed by atoms with E-state index < -0.39 is 17.9 Å². The van der Waals surface area contributed by atoms with Gasteiger partial charge in [0.15, 0.2) is 0 Å². The standard InChI is InChI=1S/3C11H7BrO2.In/c3*12-10-6-2-3-7-8(10)4-1-5-9(7)11(13)14;/h3*1-6H,(H,13,14);/q;;;+3/p-3. The molecule has 0 fully saturated rings. The Bertz CT molecular complexity index is 1750. The summed E-state index contributed by atoms with van der Waals surface area (Å²) in [4.78, 5) is 32.4.